The molecule has 0 fully saturated rings. The first-order valence-electron chi connectivity index (χ1n) is 8.54. The van der Waals surface area contributed by atoms with E-state index in [-0.39, 0.29) is 40.8 Å². The number of methoxy groups -OCH3 is 1. The third kappa shape index (κ3) is 3.90. The Balaban J connectivity index is 2.12. The van der Waals surface area contributed by atoms with Crippen molar-refractivity contribution in [1.29, 1.82) is 0 Å². The second-order valence-electron chi connectivity index (χ2n) is 7.03. The number of hydrogen-bond donors (Lipinski definition) is 3. The number of hydrogen-bond acceptors (Lipinski definition) is 6. The Morgan fingerprint density at radius 1 is 1.22 bits per heavy atom. The Labute approximate surface area is 157 Å². The third-order valence-electron chi connectivity index (χ3n) is 4.31. The van der Waals surface area contributed by atoms with E-state index in [0.717, 1.165) is 5.56 Å². The number of phenols is 2. The SMILES string of the molecule is COc1cc(O)c(C=CC(C)(C)O)c2c1C(=O)CC(c1ccc(O)cc1)O2. The highest BCUT2D eigenvalue weighted by Crippen LogP contribution is 2.46. The van der Waals surface area contributed by atoms with Crippen LogP contribution in [0.3, 0.4) is 0 Å². The van der Waals surface area contributed by atoms with Crippen molar-refractivity contribution in [1.82, 2.24) is 0 Å². The van der Waals surface area contributed by atoms with E-state index in [9.17, 15) is 20.1 Å². The first kappa shape index (κ1) is 18.8. The summed E-state index contributed by atoms with van der Waals surface area (Å²) in [6.07, 6.45) is 2.58. The molecule has 3 rings (SSSR count). The Bertz CT molecular complexity index is 890. The maximum Gasteiger partial charge on any atom is 0.174 e. The van der Waals surface area contributed by atoms with Crippen LogP contribution in [-0.2, 0) is 0 Å². The number of ketones is 1. The average molecular weight is 370 g/mol. The zero-order chi connectivity index (χ0) is 19.8. The summed E-state index contributed by atoms with van der Waals surface area (Å²) in [5.74, 6) is 0.266. The minimum absolute atomic E-state index is 0.105. The van der Waals surface area contributed by atoms with Gasteiger partial charge in [-0.3, -0.25) is 4.79 Å². The van der Waals surface area contributed by atoms with E-state index in [2.05, 4.69) is 0 Å². The molecular formula is C21H22O6. The van der Waals surface area contributed by atoms with Gasteiger partial charge in [0.1, 0.15) is 34.7 Å². The van der Waals surface area contributed by atoms with Crippen LogP contribution in [0.2, 0.25) is 0 Å². The molecule has 0 saturated carbocycles. The fraction of sp³-hybridized carbons (Fsp3) is 0.286. The highest BCUT2D eigenvalue weighted by Gasteiger charge is 2.33. The van der Waals surface area contributed by atoms with Gasteiger partial charge in [-0.05, 0) is 37.6 Å². The van der Waals surface area contributed by atoms with Gasteiger partial charge in [0.25, 0.3) is 0 Å². The number of carbonyl (C=O) groups excluding carboxylic acids is 1. The lowest BCUT2D eigenvalue weighted by Crippen LogP contribution is -2.22. The molecule has 0 saturated heterocycles. The van der Waals surface area contributed by atoms with Gasteiger partial charge in [0, 0.05) is 6.07 Å². The number of aliphatic hydroxyl groups is 1. The Hall–Kier alpha value is -2.99. The summed E-state index contributed by atoms with van der Waals surface area (Å²) in [7, 11) is 1.42. The largest absolute Gasteiger partial charge is 0.508 e. The summed E-state index contributed by atoms with van der Waals surface area (Å²) in [6.45, 7) is 3.20. The fourth-order valence-electron chi connectivity index (χ4n) is 2.96. The van der Waals surface area contributed by atoms with Gasteiger partial charge in [0.2, 0.25) is 0 Å². The van der Waals surface area contributed by atoms with Gasteiger partial charge in [0.15, 0.2) is 5.78 Å². The summed E-state index contributed by atoms with van der Waals surface area (Å²) >= 11 is 0. The number of benzene rings is 2. The topological polar surface area (TPSA) is 96.2 Å². The van der Waals surface area contributed by atoms with Gasteiger partial charge in [-0.15, -0.1) is 0 Å². The van der Waals surface area contributed by atoms with Crippen LogP contribution in [0.4, 0.5) is 0 Å². The standard InChI is InChI=1S/C21H22O6/c1-21(2,25)9-8-14-15(23)10-18(26-3)19-16(24)11-17(27-20(14)19)12-4-6-13(22)7-5-12/h4-10,17,22-23,25H,11H2,1-3H3. The maximum atomic E-state index is 12.8. The average Bonchev–Trinajstić information content (AvgIpc) is 2.59. The molecule has 1 atom stereocenters. The number of carbonyl (C=O) groups is 1. The van der Waals surface area contributed by atoms with Crippen molar-refractivity contribution in [3.63, 3.8) is 0 Å². The summed E-state index contributed by atoms with van der Waals surface area (Å²) in [5, 5.41) is 29.8. The number of Topliss-reactive ketones (excluding diaryl/α,β-unsaturated/α-hetero) is 1. The lowest BCUT2D eigenvalue weighted by Gasteiger charge is -2.28. The number of fused-ring (bicyclic) bond motifs is 1. The fourth-order valence-corrected chi connectivity index (χ4v) is 2.96. The molecule has 2 aromatic carbocycles. The van der Waals surface area contributed by atoms with E-state index in [1.165, 1.54) is 37.5 Å². The van der Waals surface area contributed by atoms with E-state index in [1.807, 2.05) is 0 Å². The normalized spacial score (nSPS) is 16.9. The van der Waals surface area contributed by atoms with Gasteiger partial charge in [-0.1, -0.05) is 18.2 Å². The molecule has 3 N–H and O–H groups in total. The van der Waals surface area contributed by atoms with Gasteiger partial charge in [-0.25, -0.2) is 0 Å². The molecule has 1 heterocycles. The maximum absolute atomic E-state index is 12.8. The first-order valence-corrected chi connectivity index (χ1v) is 8.54. The number of aromatic hydroxyl groups is 2. The number of ether oxygens (including phenoxy) is 2. The van der Waals surface area contributed by atoms with Crippen molar-refractivity contribution in [2.45, 2.75) is 32.0 Å². The van der Waals surface area contributed by atoms with Gasteiger partial charge >= 0.3 is 0 Å². The monoisotopic (exact) mass is 370 g/mol. The van der Waals surface area contributed by atoms with Crippen molar-refractivity contribution < 1.29 is 29.6 Å². The van der Waals surface area contributed by atoms with E-state index in [1.54, 1.807) is 26.0 Å². The molecule has 0 amide bonds. The molecule has 1 unspecified atom stereocenters. The lowest BCUT2D eigenvalue weighted by molar-refractivity contribution is 0.0843. The highest BCUT2D eigenvalue weighted by molar-refractivity contribution is 6.04. The summed E-state index contributed by atoms with van der Waals surface area (Å²) in [5.41, 5.74) is 0.186. The summed E-state index contributed by atoms with van der Waals surface area (Å²) in [4.78, 5) is 12.8. The van der Waals surface area contributed by atoms with Gasteiger partial charge < -0.3 is 24.8 Å². The molecule has 1 aliphatic heterocycles. The van der Waals surface area contributed by atoms with Crippen LogP contribution in [0, 0.1) is 0 Å². The van der Waals surface area contributed by atoms with Crippen LogP contribution in [0.15, 0.2) is 36.4 Å². The second kappa shape index (κ2) is 6.96. The zero-order valence-corrected chi connectivity index (χ0v) is 15.4. The molecule has 6 heteroatoms. The molecular weight excluding hydrogens is 348 g/mol. The molecule has 0 aromatic heterocycles. The summed E-state index contributed by atoms with van der Waals surface area (Å²) in [6, 6.07) is 7.79. The number of phenolic OH excluding ortho intramolecular Hbond substituents is 2. The van der Waals surface area contributed by atoms with Crippen molar-refractivity contribution in [2.75, 3.05) is 7.11 Å². The van der Waals surface area contributed by atoms with Gasteiger partial charge in [-0.2, -0.15) is 0 Å². The Kier molecular flexibility index (Phi) is 4.85. The van der Waals surface area contributed by atoms with Crippen molar-refractivity contribution >= 4 is 11.9 Å². The molecule has 6 nitrogen and oxygen atoms in total. The minimum atomic E-state index is -1.10. The lowest BCUT2D eigenvalue weighted by atomic mass is 9.92. The zero-order valence-electron chi connectivity index (χ0n) is 15.4. The van der Waals surface area contributed by atoms with Crippen LogP contribution in [-0.4, -0.2) is 33.8 Å². The Morgan fingerprint density at radius 2 is 1.89 bits per heavy atom. The van der Waals surface area contributed by atoms with Crippen LogP contribution in [0.1, 0.15) is 47.9 Å². The van der Waals surface area contributed by atoms with E-state index in [4.69, 9.17) is 9.47 Å². The van der Waals surface area contributed by atoms with Crippen LogP contribution >= 0.6 is 0 Å². The molecule has 0 spiro atoms. The van der Waals surface area contributed by atoms with Crippen molar-refractivity contribution in [3.8, 4) is 23.0 Å². The Morgan fingerprint density at radius 3 is 2.48 bits per heavy atom. The highest BCUT2D eigenvalue weighted by atomic mass is 16.5. The minimum Gasteiger partial charge on any atom is -0.508 e. The molecule has 1 aliphatic rings. The van der Waals surface area contributed by atoms with Crippen LogP contribution < -0.4 is 9.47 Å². The van der Waals surface area contributed by atoms with Crippen LogP contribution in [0.5, 0.6) is 23.0 Å². The molecule has 0 bridgehead atoms. The predicted molar refractivity (Wildman–Crippen MR) is 100 cm³/mol. The van der Waals surface area contributed by atoms with E-state index < -0.39 is 11.7 Å². The molecule has 2 aromatic rings. The third-order valence-corrected chi connectivity index (χ3v) is 4.31. The van der Waals surface area contributed by atoms with E-state index in [0.29, 0.717) is 5.56 Å². The molecule has 0 aliphatic carbocycles. The van der Waals surface area contributed by atoms with Crippen molar-refractivity contribution in [3.05, 3.63) is 53.1 Å². The quantitative estimate of drug-likeness (QED) is 0.761. The molecule has 27 heavy (non-hydrogen) atoms. The smallest absolute Gasteiger partial charge is 0.174 e. The molecule has 0 radical (unpaired) electrons. The van der Waals surface area contributed by atoms with Crippen LogP contribution in [0.25, 0.3) is 6.08 Å². The van der Waals surface area contributed by atoms with Gasteiger partial charge in [0.05, 0.1) is 24.7 Å². The second-order valence-corrected chi connectivity index (χ2v) is 7.03. The predicted octanol–water partition coefficient (Wildman–Crippen LogP) is 3.60. The van der Waals surface area contributed by atoms with E-state index >= 15 is 0 Å². The summed E-state index contributed by atoms with van der Waals surface area (Å²) < 4.78 is 11.3. The molecule has 142 valence electrons. The first-order chi connectivity index (χ1) is 12.7. The number of rotatable bonds is 4. The van der Waals surface area contributed by atoms with Crippen molar-refractivity contribution in [2.24, 2.45) is 0 Å².